The molecule has 1 fully saturated rings. The number of nitrogens with one attached hydrogen (secondary N) is 1. The fourth-order valence-corrected chi connectivity index (χ4v) is 3.61. The van der Waals surface area contributed by atoms with Crippen molar-refractivity contribution in [3.05, 3.63) is 18.2 Å². The standard InChI is InChI=1S/C16H21N5O3S2/c1-12(22)20-6-8-21(9-7-20)15-5-4-13(26(3,23)24)10-14(15)19-16(25-2)18-11-17/h4-5,10H,6-9H2,1-3H3,(H,18,19). The molecule has 1 N–H and O–H groups in total. The third kappa shape index (κ3) is 4.89. The third-order valence-electron chi connectivity index (χ3n) is 4.02. The van der Waals surface area contributed by atoms with E-state index in [0.717, 1.165) is 11.9 Å². The molecule has 0 saturated carbocycles. The lowest BCUT2D eigenvalue weighted by Crippen LogP contribution is -2.48. The number of sulfone groups is 1. The van der Waals surface area contributed by atoms with Gasteiger partial charge in [-0.1, -0.05) is 11.8 Å². The Balaban J connectivity index is 2.42. The van der Waals surface area contributed by atoms with Crippen molar-refractivity contribution in [2.45, 2.75) is 11.8 Å². The van der Waals surface area contributed by atoms with Crippen LogP contribution in [-0.4, -0.2) is 63.1 Å². The Morgan fingerprint density at radius 3 is 2.46 bits per heavy atom. The number of benzene rings is 1. The van der Waals surface area contributed by atoms with Gasteiger partial charge in [-0.3, -0.25) is 10.1 Å². The molecular weight excluding hydrogens is 374 g/mol. The number of piperazine rings is 1. The summed E-state index contributed by atoms with van der Waals surface area (Å²) in [5.41, 5.74) is 1.24. The van der Waals surface area contributed by atoms with Crippen LogP contribution in [0, 0.1) is 11.5 Å². The van der Waals surface area contributed by atoms with E-state index >= 15 is 0 Å². The highest BCUT2D eigenvalue weighted by Gasteiger charge is 2.22. The average molecular weight is 396 g/mol. The molecule has 10 heteroatoms. The molecule has 1 saturated heterocycles. The minimum atomic E-state index is -3.38. The van der Waals surface area contributed by atoms with E-state index in [0.29, 0.717) is 37.0 Å². The summed E-state index contributed by atoms with van der Waals surface area (Å²) in [6.45, 7) is 3.99. The van der Waals surface area contributed by atoms with Gasteiger partial charge in [0.1, 0.15) is 0 Å². The monoisotopic (exact) mass is 395 g/mol. The maximum absolute atomic E-state index is 11.9. The average Bonchev–Trinajstić information content (AvgIpc) is 2.60. The number of nitrogens with zero attached hydrogens (tertiary/aromatic N) is 4. The second-order valence-electron chi connectivity index (χ2n) is 5.77. The van der Waals surface area contributed by atoms with E-state index in [2.05, 4.69) is 15.2 Å². The molecule has 140 valence electrons. The van der Waals surface area contributed by atoms with Crippen molar-refractivity contribution in [1.29, 1.82) is 5.26 Å². The van der Waals surface area contributed by atoms with Crippen molar-refractivity contribution < 1.29 is 13.2 Å². The zero-order chi connectivity index (χ0) is 19.3. The predicted molar refractivity (Wildman–Crippen MR) is 103 cm³/mol. The van der Waals surface area contributed by atoms with Crippen molar-refractivity contribution in [3.8, 4) is 6.19 Å². The van der Waals surface area contributed by atoms with E-state index in [4.69, 9.17) is 5.26 Å². The molecule has 1 heterocycles. The largest absolute Gasteiger partial charge is 0.366 e. The van der Waals surface area contributed by atoms with Gasteiger partial charge in [0.25, 0.3) is 0 Å². The van der Waals surface area contributed by atoms with Crippen LogP contribution in [0.25, 0.3) is 0 Å². The number of amides is 1. The summed E-state index contributed by atoms with van der Waals surface area (Å²) in [5, 5.41) is 11.7. The Hall–Kier alpha value is -2.25. The molecule has 0 spiro atoms. The lowest BCUT2D eigenvalue weighted by Gasteiger charge is -2.36. The molecule has 1 aliphatic heterocycles. The van der Waals surface area contributed by atoms with Gasteiger partial charge in [0.15, 0.2) is 21.2 Å². The number of rotatable bonds is 3. The van der Waals surface area contributed by atoms with Crippen molar-refractivity contribution in [2.24, 2.45) is 4.99 Å². The Bertz CT molecular complexity index is 853. The maximum atomic E-state index is 11.9. The topological polar surface area (TPSA) is 106 Å². The number of nitriles is 1. The quantitative estimate of drug-likeness (QED) is 0.354. The second kappa shape index (κ2) is 8.42. The van der Waals surface area contributed by atoms with Gasteiger partial charge in [-0.25, -0.2) is 13.4 Å². The molecule has 1 aromatic carbocycles. The maximum Gasteiger partial charge on any atom is 0.219 e. The van der Waals surface area contributed by atoms with Crippen molar-refractivity contribution in [2.75, 3.05) is 43.6 Å². The van der Waals surface area contributed by atoms with Gasteiger partial charge in [-0.05, 0) is 24.5 Å². The molecule has 0 aromatic heterocycles. The third-order valence-corrected chi connectivity index (χ3v) is 5.71. The summed E-state index contributed by atoms with van der Waals surface area (Å²) < 4.78 is 23.8. The molecule has 1 amide bonds. The number of carbonyl (C=O) groups excluding carboxylic acids is 1. The van der Waals surface area contributed by atoms with E-state index in [1.54, 1.807) is 30.2 Å². The van der Waals surface area contributed by atoms with Crippen LogP contribution in [0.4, 0.5) is 11.4 Å². The lowest BCUT2D eigenvalue weighted by atomic mass is 10.2. The molecular formula is C16H21N5O3S2. The van der Waals surface area contributed by atoms with Gasteiger partial charge in [0.05, 0.1) is 16.3 Å². The Morgan fingerprint density at radius 2 is 1.96 bits per heavy atom. The Morgan fingerprint density at radius 1 is 1.31 bits per heavy atom. The minimum Gasteiger partial charge on any atom is -0.366 e. The summed E-state index contributed by atoms with van der Waals surface area (Å²) >= 11 is 1.26. The van der Waals surface area contributed by atoms with Crippen LogP contribution >= 0.6 is 11.8 Å². The van der Waals surface area contributed by atoms with Crippen LogP contribution in [-0.2, 0) is 14.6 Å². The molecule has 1 aromatic rings. The molecule has 2 rings (SSSR count). The predicted octanol–water partition coefficient (Wildman–Crippen LogP) is 1.18. The summed E-state index contributed by atoms with van der Waals surface area (Å²) in [6.07, 6.45) is 4.74. The number of hydrogen-bond acceptors (Lipinski definition) is 7. The number of carbonyl (C=O) groups is 1. The molecule has 8 nitrogen and oxygen atoms in total. The zero-order valence-electron chi connectivity index (χ0n) is 14.9. The van der Waals surface area contributed by atoms with E-state index in [1.165, 1.54) is 17.8 Å². The number of hydrogen-bond donors (Lipinski definition) is 1. The highest BCUT2D eigenvalue weighted by molar-refractivity contribution is 8.13. The smallest absolute Gasteiger partial charge is 0.219 e. The summed E-state index contributed by atoms with van der Waals surface area (Å²) in [4.78, 5) is 19.9. The Labute approximate surface area is 157 Å². The van der Waals surface area contributed by atoms with Crippen molar-refractivity contribution in [1.82, 2.24) is 10.2 Å². The molecule has 0 atom stereocenters. The first kappa shape index (κ1) is 20.1. The van der Waals surface area contributed by atoms with Gasteiger partial charge >= 0.3 is 0 Å². The van der Waals surface area contributed by atoms with Crippen LogP contribution in [0.1, 0.15) is 6.92 Å². The first-order valence-corrected chi connectivity index (χ1v) is 11.0. The minimum absolute atomic E-state index is 0.0400. The molecule has 1 aliphatic rings. The van der Waals surface area contributed by atoms with Gasteiger partial charge in [-0.2, -0.15) is 5.26 Å². The molecule has 0 radical (unpaired) electrons. The van der Waals surface area contributed by atoms with E-state index in [1.807, 2.05) is 6.19 Å². The normalized spacial score (nSPS) is 15.5. The molecule has 0 unspecified atom stereocenters. The van der Waals surface area contributed by atoms with Crippen LogP contribution in [0.3, 0.4) is 0 Å². The van der Waals surface area contributed by atoms with E-state index < -0.39 is 9.84 Å². The first-order valence-electron chi connectivity index (χ1n) is 7.88. The molecule has 0 aliphatic carbocycles. The second-order valence-corrected chi connectivity index (χ2v) is 8.58. The van der Waals surface area contributed by atoms with Gasteiger partial charge in [-0.15, -0.1) is 0 Å². The summed E-state index contributed by atoms with van der Waals surface area (Å²) in [7, 11) is -3.38. The lowest BCUT2D eigenvalue weighted by molar-refractivity contribution is -0.129. The Kier molecular flexibility index (Phi) is 6.50. The van der Waals surface area contributed by atoms with Gasteiger partial charge in [0, 0.05) is 39.4 Å². The number of aliphatic imine (C=N–C) groups is 1. The van der Waals surface area contributed by atoms with E-state index in [9.17, 15) is 13.2 Å². The number of anilines is 1. The zero-order valence-corrected chi connectivity index (χ0v) is 16.5. The summed E-state index contributed by atoms with van der Waals surface area (Å²) in [6, 6.07) is 4.79. The van der Waals surface area contributed by atoms with Gasteiger partial charge < -0.3 is 9.80 Å². The fraction of sp³-hybridized carbons (Fsp3) is 0.438. The van der Waals surface area contributed by atoms with E-state index in [-0.39, 0.29) is 10.8 Å². The summed E-state index contributed by atoms with van der Waals surface area (Å²) in [5.74, 6) is 0.0400. The van der Waals surface area contributed by atoms with Crippen LogP contribution < -0.4 is 10.2 Å². The highest BCUT2D eigenvalue weighted by atomic mass is 32.2. The SMILES string of the molecule is CSC(=Nc1cc(S(C)(=O)=O)ccc1N1CCN(C(C)=O)CC1)NC#N. The highest BCUT2D eigenvalue weighted by Crippen LogP contribution is 2.33. The number of amidine groups is 1. The fourth-order valence-electron chi connectivity index (χ4n) is 2.63. The van der Waals surface area contributed by atoms with Crippen LogP contribution in [0.15, 0.2) is 28.1 Å². The molecule has 0 bridgehead atoms. The van der Waals surface area contributed by atoms with Crippen molar-refractivity contribution >= 4 is 44.0 Å². The first-order chi connectivity index (χ1) is 12.3. The number of thioether (sulfide) groups is 1. The van der Waals surface area contributed by atoms with Crippen LogP contribution in [0.5, 0.6) is 0 Å². The van der Waals surface area contributed by atoms with Crippen LogP contribution in [0.2, 0.25) is 0 Å². The van der Waals surface area contributed by atoms with Crippen molar-refractivity contribution in [3.63, 3.8) is 0 Å². The molecule has 26 heavy (non-hydrogen) atoms. The van der Waals surface area contributed by atoms with Gasteiger partial charge in [0.2, 0.25) is 5.91 Å².